The smallest absolute Gasteiger partial charge is 0.137 e. The van der Waals surface area contributed by atoms with Crippen LogP contribution in [0, 0.1) is 0 Å². The summed E-state index contributed by atoms with van der Waals surface area (Å²) in [4.78, 5) is 11.8. The van der Waals surface area contributed by atoms with E-state index in [1.165, 1.54) is 0 Å². The van der Waals surface area contributed by atoms with Gasteiger partial charge in [-0.2, -0.15) is 0 Å². The number of benzene rings is 1. The van der Waals surface area contributed by atoms with Crippen LogP contribution in [0.1, 0.15) is 31.2 Å². The summed E-state index contributed by atoms with van der Waals surface area (Å²) in [6.45, 7) is 0.858. The Bertz CT molecular complexity index is 377. The SMILES string of the molecule is COc1ccc(CC(=O)CCC2CCCO2)cc1. The van der Waals surface area contributed by atoms with E-state index in [2.05, 4.69) is 0 Å². The molecule has 18 heavy (non-hydrogen) atoms. The van der Waals surface area contributed by atoms with E-state index in [0.29, 0.717) is 18.9 Å². The summed E-state index contributed by atoms with van der Waals surface area (Å²) in [6.07, 6.45) is 4.56. The minimum absolute atomic E-state index is 0.288. The highest BCUT2D eigenvalue weighted by molar-refractivity contribution is 5.80. The van der Waals surface area contributed by atoms with Crippen molar-refractivity contribution in [3.63, 3.8) is 0 Å². The average molecular weight is 248 g/mol. The van der Waals surface area contributed by atoms with Crippen molar-refractivity contribution in [1.82, 2.24) is 0 Å². The van der Waals surface area contributed by atoms with Crippen molar-refractivity contribution in [1.29, 1.82) is 0 Å². The number of methoxy groups -OCH3 is 1. The first-order valence-electron chi connectivity index (χ1n) is 6.54. The lowest BCUT2D eigenvalue weighted by Crippen LogP contribution is -2.10. The molecular formula is C15H20O3. The van der Waals surface area contributed by atoms with Gasteiger partial charge in [0.1, 0.15) is 11.5 Å². The number of carbonyl (C=O) groups excluding carboxylic acids is 1. The predicted molar refractivity (Wildman–Crippen MR) is 69.9 cm³/mol. The molecule has 0 radical (unpaired) electrons. The van der Waals surface area contributed by atoms with Crippen molar-refractivity contribution >= 4 is 5.78 Å². The molecule has 3 nitrogen and oxygen atoms in total. The fourth-order valence-electron chi connectivity index (χ4n) is 2.25. The molecule has 0 N–H and O–H groups in total. The highest BCUT2D eigenvalue weighted by atomic mass is 16.5. The third-order valence-electron chi connectivity index (χ3n) is 3.33. The second-order valence-electron chi connectivity index (χ2n) is 4.74. The van der Waals surface area contributed by atoms with Crippen LogP contribution in [0.2, 0.25) is 0 Å². The molecule has 1 aliphatic heterocycles. The Labute approximate surface area is 108 Å². The second-order valence-corrected chi connectivity index (χ2v) is 4.74. The largest absolute Gasteiger partial charge is 0.497 e. The number of rotatable bonds is 6. The quantitative estimate of drug-likeness (QED) is 0.776. The van der Waals surface area contributed by atoms with Gasteiger partial charge >= 0.3 is 0 Å². The summed E-state index contributed by atoms with van der Waals surface area (Å²) in [5.74, 6) is 1.11. The zero-order valence-electron chi connectivity index (χ0n) is 10.9. The van der Waals surface area contributed by atoms with E-state index < -0.39 is 0 Å². The maximum Gasteiger partial charge on any atom is 0.137 e. The molecule has 0 spiro atoms. The highest BCUT2D eigenvalue weighted by Crippen LogP contribution is 2.18. The molecule has 1 aromatic carbocycles. The van der Waals surface area contributed by atoms with E-state index in [-0.39, 0.29) is 5.78 Å². The van der Waals surface area contributed by atoms with Gasteiger partial charge in [0.25, 0.3) is 0 Å². The number of Topliss-reactive ketones (excluding diaryl/α,β-unsaturated/α-hetero) is 1. The first-order valence-corrected chi connectivity index (χ1v) is 6.54. The van der Waals surface area contributed by atoms with Gasteiger partial charge in [0, 0.05) is 19.4 Å². The van der Waals surface area contributed by atoms with Crippen molar-refractivity contribution in [3.8, 4) is 5.75 Å². The number of hydrogen-bond acceptors (Lipinski definition) is 3. The van der Waals surface area contributed by atoms with Gasteiger partial charge in [0.05, 0.1) is 13.2 Å². The Morgan fingerprint density at radius 3 is 2.78 bits per heavy atom. The van der Waals surface area contributed by atoms with Gasteiger partial charge in [-0.15, -0.1) is 0 Å². The van der Waals surface area contributed by atoms with Crippen molar-refractivity contribution < 1.29 is 14.3 Å². The molecule has 1 saturated heterocycles. The zero-order valence-corrected chi connectivity index (χ0v) is 10.9. The van der Waals surface area contributed by atoms with E-state index in [1.807, 2.05) is 24.3 Å². The molecule has 1 heterocycles. The Balaban J connectivity index is 1.75. The second kappa shape index (κ2) is 6.55. The summed E-state index contributed by atoms with van der Waals surface area (Å²) in [5, 5.41) is 0. The summed E-state index contributed by atoms with van der Waals surface area (Å²) >= 11 is 0. The minimum atomic E-state index is 0.288. The van der Waals surface area contributed by atoms with E-state index in [0.717, 1.165) is 37.2 Å². The maximum atomic E-state index is 11.8. The monoisotopic (exact) mass is 248 g/mol. The van der Waals surface area contributed by atoms with Gasteiger partial charge in [0.15, 0.2) is 0 Å². The summed E-state index contributed by atoms with van der Waals surface area (Å²) < 4.78 is 10.6. The first kappa shape index (κ1) is 13.1. The van der Waals surface area contributed by atoms with Crippen molar-refractivity contribution in [2.24, 2.45) is 0 Å². The highest BCUT2D eigenvalue weighted by Gasteiger charge is 2.16. The fourth-order valence-corrected chi connectivity index (χ4v) is 2.25. The van der Waals surface area contributed by atoms with E-state index >= 15 is 0 Å². The molecule has 0 aromatic heterocycles. The Kier molecular flexibility index (Phi) is 4.76. The van der Waals surface area contributed by atoms with E-state index in [9.17, 15) is 4.79 Å². The molecular weight excluding hydrogens is 228 g/mol. The van der Waals surface area contributed by atoms with Crippen LogP contribution < -0.4 is 4.74 Å². The summed E-state index contributed by atoms with van der Waals surface area (Å²) in [5.41, 5.74) is 1.05. The lowest BCUT2D eigenvalue weighted by molar-refractivity contribution is -0.119. The van der Waals surface area contributed by atoms with Gasteiger partial charge in [-0.25, -0.2) is 0 Å². The van der Waals surface area contributed by atoms with Crippen LogP contribution in [0.3, 0.4) is 0 Å². The predicted octanol–water partition coefficient (Wildman–Crippen LogP) is 2.77. The lowest BCUT2D eigenvalue weighted by Gasteiger charge is -2.08. The average Bonchev–Trinajstić information content (AvgIpc) is 2.90. The minimum Gasteiger partial charge on any atom is -0.497 e. The zero-order chi connectivity index (χ0) is 12.8. The molecule has 1 unspecified atom stereocenters. The van der Waals surface area contributed by atoms with Gasteiger partial charge in [-0.05, 0) is 37.0 Å². The van der Waals surface area contributed by atoms with Gasteiger partial charge in [0.2, 0.25) is 0 Å². The maximum absolute atomic E-state index is 11.8. The van der Waals surface area contributed by atoms with E-state index in [4.69, 9.17) is 9.47 Å². The number of ketones is 1. The Morgan fingerprint density at radius 1 is 1.39 bits per heavy atom. The normalized spacial score (nSPS) is 18.8. The lowest BCUT2D eigenvalue weighted by atomic mass is 10.0. The van der Waals surface area contributed by atoms with Crippen LogP contribution in [0.5, 0.6) is 5.75 Å². The molecule has 2 rings (SSSR count). The van der Waals surface area contributed by atoms with Crippen molar-refractivity contribution in [2.75, 3.05) is 13.7 Å². The fraction of sp³-hybridized carbons (Fsp3) is 0.533. The van der Waals surface area contributed by atoms with Crippen LogP contribution >= 0.6 is 0 Å². The van der Waals surface area contributed by atoms with Crippen LogP contribution in [0.25, 0.3) is 0 Å². The third-order valence-corrected chi connectivity index (χ3v) is 3.33. The molecule has 98 valence electrons. The number of hydrogen-bond donors (Lipinski definition) is 0. The summed E-state index contributed by atoms with van der Waals surface area (Å²) in [6, 6.07) is 7.68. The van der Waals surface area contributed by atoms with Crippen LogP contribution in [0.15, 0.2) is 24.3 Å². The molecule has 1 atom stereocenters. The molecule has 1 aliphatic rings. The Morgan fingerprint density at radius 2 is 2.17 bits per heavy atom. The molecule has 0 amide bonds. The Hall–Kier alpha value is -1.35. The molecule has 3 heteroatoms. The summed E-state index contributed by atoms with van der Waals surface area (Å²) in [7, 11) is 1.64. The van der Waals surface area contributed by atoms with Crippen LogP contribution in [-0.4, -0.2) is 25.6 Å². The number of carbonyl (C=O) groups is 1. The third kappa shape index (κ3) is 3.84. The van der Waals surface area contributed by atoms with E-state index in [1.54, 1.807) is 7.11 Å². The topological polar surface area (TPSA) is 35.5 Å². The molecule has 0 aliphatic carbocycles. The molecule has 0 bridgehead atoms. The number of ether oxygens (including phenoxy) is 2. The molecule has 1 aromatic rings. The van der Waals surface area contributed by atoms with Gasteiger partial charge < -0.3 is 9.47 Å². The van der Waals surface area contributed by atoms with Crippen molar-refractivity contribution in [2.45, 2.75) is 38.2 Å². The van der Waals surface area contributed by atoms with Gasteiger partial charge in [-0.1, -0.05) is 12.1 Å². The molecule has 0 saturated carbocycles. The van der Waals surface area contributed by atoms with Crippen molar-refractivity contribution in [3.05, 3.63) is 29.8 Å². The first-order chi connectivity index (χ1) is 8.78. The molecule has 1 fully saturated rings. The van der Waals surface area contributed by atoms with Crippen LogP contribution in [0.4, 0.5) is 0 Å². The van der Waals surface area contributed by atoms with Gasteiger partial charge in [-0.3, -0.25) is 4.79 Å². The van der Waals surface area contributed by atoms with Crippen LogP contribution in [-0.2, 0) is 16.0 Å². The standard InChI is InChI=1S/C15H20O3/c1-17-14-7-4-12(5-8-14)11-13(16)6-9-15-3-2-10-18-15/h4-5,7-8,15H,2-3,6,9-11H2,1H3.